The fourth-order valence-corrected chi connectivity index (χ4v) is 6.23. The van der Waals surface area contributed by atoms with Crippen molar-refractivity contribution in [1.29, 1.82) is 0 Å². The van der Waals surface area contributed by atoms with Crippen LogP contribution in [0.5, 0.6) is 5.75 Å². The molecule has 0 radical (unpaired) electrons. The summed E-state index contributed by atoms with van der Waals surface area (Å²) in [5, 5.41) is 2.52. The first kappa shape index (κ1) is 41.1. The number of carbonyl (C=O) groups is 4. The molecule has 1 aromatic carbocycles. The molecule has 282 valence electrons. The van der Waals surface area contributed by atoms with Crippen LogP contribution in [-0.2, 0) is 52.0 Å². The van der Waals surface area contributed by atoms with Crippen molar-refractivity contribution in [1.82, 2.24) is 14.6 Å². The first-order chi connectivity index (χ1) is 24.1. The van der Waals surface area contributed by atoms with Gasteiger partial charge in [-0.1, -0.05) is 45.9 Å². The summed E-state index contributed by atoms with van der Waals surface area (Å²) < 4.78 is 54.5. The minimum absolute atomic E-state index is 0.0187. The van der Waals surface area contributed by atoms with Gasteiger partial charge in [0.05, 0.1) is 26.2 Å². The Balaban J connectivity index is 1.96. The second kappa shape index (κ2) is 19.3. The first-order valence-corrected chi connectivity index (χ1v) is 18.0. The van der Waals surface area contributed by atoms with Crippen LogP contribution >= 0.6 is 7.75 Å². The van der Waals surface area contributed by atoms with Gasteiger partial charge in [-0.05, 0) is 36.8 Å². The summed E-state index contributed by atoms with van der Waals surface area (Å²) in [6, 6.07) is 7.27. The Morgan fingerprint density at radius 1 is 0.902 bits per heavy atom. The lowest BCUT2D eigenvalue weighted by Gasteiger charge is -2.26. The number of ether oxygens (including phenoxy) is 5. The number of rotatable bonds is 19. The van der Waals surface area contributed by atoms with Crippen LogP contribution in [-0.4, -0.2) is 77.6 Å². The van der Waals surface area contributed by atoms with Crippen molar-refractivity contribution in [2.24, 2.45) is 11.8 Å². The van der Waals surface area contributed by atoms with Gasteiger partial charge in [0.2, 0.25) is 0 Å². The Bertz CT molecular complexity index is 1640. The highest BCUT2D eigenvalue weighted by Crippen LogP contribution is 2.46. The van der Waals surface area contributed by atoms with Gasteiger partial charge in [-0.15, -0.1) is 0 Å². The molecule has 18 heteroatoms. The second-order valence-electron chi connectivity index (χ2n) is 12.6. The molecule has 51 heavy (non-hydrogen) atoms. The number of nitrogens with zero attached hydrogens (tertiary/aromatic N) is 1. The van der Waals surface area contributed by atoms with Gasteiger partial charge in [-0.25, -0.2) is 9.36 Å². The third kappa shape index (κ3) is 13.4. The number of nitrogens with one attached hydrogen (secondary N) is 2. The lowest BCUT2D eigenvalue weighted by Crippen LogP contribution is -2.43. The van der Waals surface area contributed by atoms with Crippen molar-refractivity contribution in [3.05, 3.63) is 63.4 Å². The van der Waals surface area contributed by atoms with E-state index in [9.17, 15) is 33.3 Å². The number of aromatic nitrogens is 2. The van der Waals surface area contributed by atoms with E-state index < -0.39 is 86.5 Å². The zero-order valence-corrected chi connectivity index (χ0v) is 30.3. The molecule has 6 atom stereocenters. The second-order valence-corrected chi connectivity index (χ2v) is 14.3. The van der Waals surface area contributed by atoms with Gasteiger partial charge in [-0.2, -0.15) is 5.09 Å². The van der Waals surface area contributed by atoms with E-state index in [-0.39, 0.29) is 30.8 Å². The predicted octanol–water partition coefficient (Wildman–Crippen LogP) is 3.03. The smallest absolute Gasteiger partial charge is 0.459 e. The molecule has 17 nitrogen and oxygen atoms in total. The quantitative estimate of drug-likeness (QED) is 0.120. The fraction of sp³-hybridized carbons (Fsp3) is 0.576. The van der Waals surface area contributed by atoms with Crippen LogP contribution in [0.2, 0.25) is 0 Å². The van der Waals surface area contributed by atoms with E-state index in [0.717, 1.165) is 30.7 Å². The molecule has 2 heterocycles. The Hall–Kier alpha value is -4.31. The van der Waals surface area contributed by atoms with Crippen molar-refractivity contribution in [2.75, 3.05) is 19.8 Å². The number of carbonyl (C=O) groups excluding carboxylic acids is 4. The van der Waals surface area contributed by atoms with Gasteiger partial charge in [0.1, 0.15) is 17.9 Å². The molecule has 0 spiro atoms. The molecular formula is C33H46N3O14P. The molecule has 3 rings (SSSR count). The maximum absolute atomic E-state index is 14.5. The third-order valence-electron chi connectivity index (χ3n) is 7.26. The average Bonchev–Trinajstić information content (AvgIpc) is 3.34. The minimum atomic E-state index is -4.67. The number of para-hydroxylation sites is 1. The van der Waals surface area contributed by atoms with Crippen molar-refractivity contribution in [2.45, 2.75) is 91.4 Å². The van der Waals surface area contributed by atoms with E-state index in [1.807, 2.05) is 27.7 Å². The summed E-state index contributed by atoms with van der Waals surface area (Å²) in [5.41, 5.74) is -1.63. The van der Waals surface area contributed by atoms with Crippen LogP contribution in [0, 0.1) is 11.8 Å². The Morgan fingerprint density at radius 2 is 1.51 bits per heavy atom. The summed E-state index contributed by atoms with van der Waals surface area (Å²) in [4.78, 5) is 76.9. The summed E-state index contributed by atoms with van der Waals surface area (Å²) in [6.45, 7) is 9.36. The molecule has 1 aliphatic heterocycles. The third-order valence-corrected chi connectivity index (χ3v) is 8.83. The monoisotopic (exact) mass is 739 g/mol. The SMILES string of the molecule is CC(=O)O[C@@H]1[C@H](OC(C)=O)[C@@H](COP(=O)(N[C@@H](CC(=O)OCCC(C)C)C(=O)OCCC(C)C)Oc2ccccc2)O[C@H]1n1ccc(=O)[nH]c1=O. The summed E-state index contributed by atoms with van der Waals surface area (Å²) in [7, 11) is -4.67. The molecule has 2 N–H and O–H groups in total. The lowest BCUT2D eigenvalue weighted by atomic mass is 10.1. The molecule has 0 amide bonds. The van der Waals surface area contributed by atoms with Crippen molar-refractivity contribution in [3.8, 4) is 5.75 Å². The van der Waals surface area contributed by atoms with Crippen LogP contribution < -0.4 is 20.9 Å². The molecule has 1 aliphatic rings. The number of hydrogen-bond donors (Lipinski definition) is 2. The van der Waals surface area contributed by atoms with E-state index in [0.29, 0.717) is 12.8 Å². The lowest BCUT2D eigenvalue weighted by molar-refractivity contribution is -0.165. The van der Waals surface area contributed by atoms with Crippen molar-refractivity contribution >= 4 is 31.6 Å². The maximum atomic E-state index is 14.5. The number of esters is 4. The van der Waals surface area contributed by atoms with Crippen molar-refractivity contribution in [3.63, 3.8) is 0 Å². The molecule has 1 aromatic heterocycles. The van der Waals surface area contributed by atoms with Gasteiger partial charge in [-0.3, -0.25) is 38.0 Å². The standard InChI is InChI=1S/C33H46N3O14P/c1-20(2)13-16-44-28(40)18-25(32(41)45-17-14-21(3)4)35-51(43,50-24-10-8-7-9-11-24)46-19-26-29(47-22(5)37)30(48-23(6)38)31(49-26)36-15-12-27(39)34-33(36)42/h7-12,15,20-21,25-26,29-31H,13-14,16-19H2,1-6H3,(H,35,43)(H,34,39,42)/t25-,26+,29+,30+,31+,51?/m0/s1. The van der Waals surface area contributed by atoms with Gasteiger partial charge < -0.3 is 28.2 Å². The molecule has 0 saturated carbocycles. The van der Waals surface area contributed by atoms with Gasteiger partial charge in [0.15, 0.2) is 18.4 Å². The van der Waals surface area contributed by atoms with Crippen molar-refractivity contribution < 1.29 is 56.5 Å². The summed E-state index contributed by atoms with van der Waals surface area (Å²) in [6.07, 6.45) is -4.07. The number of H-pyrrole nitrogens is 1. The zero-order valence-electron chi connectivity index (χ0n) is 29.4. The highest BCUT2D eigenvalue weighted by molar-refractivity contribution is 7.52. The first-order valence-electron chi connectivity index (χ1n) is 16.5. The zero-order chi connectivity index (χ0) is 37.7. The van der Waals surface area contributed by atoms with Crippen LogP contribution in [0.1, 0.15) is 67.0 Å². The average molecular weight is 740 g/mol. The molecule has 2 aromatic rings. The Labute approximate surface area is 294 Å². The topological polar surface area (TPSA) is 217 Å². The number of benzene rings is 1. The highest BCUT2D eigenvalue weighted by Gasteiger charge is 2.51. The van der Waals surface area contributed by atoms with Crippen LogP contribution in [0.4, 0.5) is 0 Å². The fourth-order valence-electron chi connectivity index (χ4n) is 4.73. The summed E-state index contributed by atoms with van der Waals surface area (Å²) >= 11 is 0. The summed E-state index contributed by atoms with van der Waals surface area (Å²) in [5.74, 6) is -2.82. The van der Waals surface area contributed by atoms with Gasteiger partial charge in [0, 0.05) is 26.1 Å². The molecule has 0 aliphatic carbocycles. The number of hydrogen-bond acceptors (Lipinski definition) is 14. The molecule has 1 fully saturated rings. The van der Waals surface area contributed by atoms with E-state index in [1.165, 1.54) is 12.1 Å². The van der Waals surface area contributed by atoms with Gasteiger partial charge >= 0.3 is 37.3 Å². The normalized spacial score (nSPS) is 20.3. The van der Waals surface area contributed by atoms with E-state index in [4.69, 9.17) is 32.7 Å². The Kier molecular flexibility index (Phi) is 15.6. The maximum Gasteiger partial charge on any atom is 0.459 e. The predicted molar refractivity (Wildman–Crippen MR) is 179 cm³/mol. The van der Waals surface area contributed by atoms with E-state index >= 15 is 0 Å². The molecular weight excluding hydrogens is 693 g/mol. The largest absolute Gasteiger partial charge is 0.466 e. The van der Waals surface area contributed by atoms with Crippen LogP contribution in [0.25, 0.3) is 0 Å². The molecule has 0 bridgehead atoms. The molecule has 1 unspecified atom stereocenters. The highest BCUT2D eigenvalue weighted by atomic mass is 31.2. The van der Waals surface area contributed by atoms with Crippen LogP contribution in [0.15, 0.2) is 52.2 Å². The molecule has 1 saturated heterocycles. The Morgan fingerprint density at radius 3 is 2.10 bits per heavy atom. The van der Waals surface area contributed by atoms with Gasteiger partial charge in [0.25, 0.3) is 5.56 Å². The van der Waals surface area contributed by atoms with E-state index in [1.54, 1.807) is 18.2 Å². The minimum Gasteiger partial charge on any atom is -0.466 e. The van der Waals surface area contributed by atoms with E-state index in [2.05, 4.69) is 10.1 Å². The van der Waals surface area contributed by atoms with Crippen LogP contribution in [0.3, 0.4) is 0 Å². The number of aromatic amines is 1.